The van der Waals surface area contributed by atoms with Gasteiger partial charge >= 0.3 is 0 Å². The average molecular weight is 271 g/mol. The van der Waals surface area contributed by atoms with Crippen molar-refractivity contribution in [3.8, 4) is 0 Å². The standard InChI is InChI=1S/C11H15BrN2O/c1-4-8-5-6-9(12)13-10(8)14-11(15)7(2)3/h5-7H,4H2,1-3H3,(H,13,14,15). The molecule has 0 saturated carbocycles. The van der Waals surface area contributed by atoms with E-state index in [-0.39, 0.29) is 11.8 Å². The smallest absolute Gasteiger partial charge is 0.228 e. The number of amides is 1. The second-order valence-electron chi connectivity index (χ2n) is 3.64. The van der Waals surface area contributed by atoms with E-state index in [2.05, 4.69) is 26.2 Å². The molecule has 1 aromatic rings. The zero-order valence-electron chi connectivity index (χ0n) is 9.17. The van der Waals surface area contributed by atoms with Gasteiger partial charge < -0.3 is 5.32 Å². The Kier molecular flexibility index (Phi) is 4.27. The van der Waals surface area contributed by atoms with Gasteiger partial charge in [0.25, 0.3) is 0 Å². The zero-order valence-corrected chi connectivity index (χ0v) is 10.8. The van der Waals surface area contributed by atoms with Crippen LogP contribution in [0.4, 0.5) is 5.82 Å². The molecule has 0 radical (unpaired) electrons. The number of carbonyl (C=O) groups is 1. The summed E-state index contributed by atoms with van der Waals surface area (Å²) in [5.41, 5.74) is 1.05. The summed E-state index contributed by atoms with van der Waals surface area (Å²) < 4.78 is 0.735. The van der Waals surface area contributed by atoms with Crippen molar-refractivity contribution < 1.29 is 4.79 Å². The Morgan fingerprint density at radius 2 is 2.20 bits per heavy atom. The first-order valence-corrected chi connectivity index (χ1v) is 5.80. The normalized spacial score (nSPS) is 10.5. The topological polar surface area (TPSA) is 42.0 Å². The summed E-state index contributed by atoms with van der Waals surface area (Å²) in [6.45, 7) is 5.76. The summed E-state index contributed by atoms with van der Waals surface area (Å²) in [6.07, 6.45) is 0.855. The molecular formula is C11H15BrN2O. The molecule has 0 aliphatic heterocycles. The summed E-state index contributed by atoms with van der Waals surface area (Å²) in [5, 5.41) is 2.82. The van der Waals surface area contributed by atoms with E-state index in [0.717, 1.165) is 16.6 Å². The molecule has 3 nitrogen and oxygen atoms in total. The first kappa shape index (κ1) is 12.2. The molecular weight excluding hydrogens is 256 g/mol. The predicted molar refractivity (Wildman–Crippen MR) is 64.8 cm³/mol. The fraction of sp³-hybridized carbons (Fsp3) is 0.455. The lowest BCUT2D eigenvalue weighted by atomic mass is 10.2. The second-order valence-corrected chi connectivity index (χ2v) is 4.45. The van der Waals surface area contributed by atoms with Crippen molar-refractivity contribution in [2.24, 2.45) is 5.92 Å². The van der Waals surface area contributed by atoms with Crippen LogP contribution in [0.1, 0.15) is 26.3 Å². The molecule has 1 heterocycles. The maximum Gasteiger partial charge on any atom is 0.228 e. The Morgan fingerprint density at radius 3 is 2.73 bits per heavy atom. The molecule has 0 fully saturated rings. The third-order valence-electron chi connectivity index (χ3n) is 2.09. The molecule has 0 aromatic carbocycles. The highest BCUT2D eigenvalue weighted by atomic mass is 79.9. The van der Waals surface area contributed by atoms with Crippen molar-refractivity contribution in [3.05, 3.63) is 22.3 Å². The summed E-state index contributed by atoms with van der Waals surface area (Å²) in [7, 11) is 0. The van der Waals surface area contributed by atoms with Crippen LogP contribution in [-0.2, 0) is 11.2 Å². The number of pyridine rings is 1. The summed E-state index contributed by atoms with van der Waals surface area (Å²) in [5.74, 6) is 0.622. The maximum absolute atomic E-state index is 11.5. The van der Waals surface area contributed by atoms with Crippen LogP contribution in [0.5, 0.6) is 0 Å². The van der Waals surface area contributed by atoms with Crippen LogP contribution >= 0.6 is 15.9 Å². The Balaban J connectivity index is 2.92. The minimum Gasteiger partial charge on any atom is -0.310 e. The molecule has 0 unspecified atom stereocenters. The highest BCUT2D eigenvalue weighted by Gasteiger charge is 2.10. The Bertz CT molecular complexity index is 364. The summed E-state index contributed by atoms with van der Waals surface area (Å²) in [6, 6.07) is 3.84. The SMILES string of the molecule is CCc1ccc(Br)nc1NC(=O)C(C)C. The van der Waals surface area contributed by atoms with E-state index in [1.54, 1.807) is 0 Å². The molecule has 1 amide bonds. The van der Waals surface area contributed by atoms with Gasteiger partial charge in [0.05, 0.1) is 0 Å². The monoisotopic (exact) mass is 270 g/mol. The lowest BCUT2D eigenvalue weighted by Gasteiger charge is -2.10. The fourth-order valence-corrected chi connectivity index (χ4v) is 1.43. The average Bonchev–Trinajstić information content (AvgIpc) is 2.18. The van der Waals surface area contributed by atoms with Gasteiger partial charge in [-0.2, -0.15) is 0 Å². The molecule has 0 aliphatic rings. The van der Waals surface area contributed by atoms with E-state index in [1.807, 2.05) is 32.9 Å². The molecule has 0 aliphatic carbocycles. The third kappa shape index (κ3) is 3.30. The molecule has 0 bridgehead atoms. The van der Waals surface area contributed by atoms with Crippen LogP contribution in [0.2, 0.25) is 0 Å². The van der Waals surface area contributed by atoms with Gasteiger partial charge in [-0.25, -0.2) is 4.98 Å². The number of rotatable bonds is 3. The third-order valence-corrected chi connectivity index (χ3v) is 2.53. The Hall–Kier alpha value is -0.900. The van der Waals surface area contributed by atoms with E-state index >= 15 is 0 Å². The highest BCUT2D eigenvalue weighted by Crippen LogP contribution is 2.18. The van der Waals surface area contributed by atoms with Crippen molar-refractivity contribution in [1.29, 1.82) is 0 Å². The molecule has 1 N–H and O–H groups in total. The van der Waals surface area contributed by atoms with Gasteiger partial charge in [0.2, 0.25) is 5.91 Å². The number of anilines is 1. The van der Waals surface area contributed by atoms with Gasteiger partial charge in [0.1, 0.15) is 10.4 Å². The molecule has 0 atom stereocenters. The Morgan fingerprint density at radius 1 is 1.53 bits per heavy atom. The zero-order chi connectivity index (χ0) is 11.4. The number of aromatic nitrogens is 1. The number of hydrogen-bond acceptors (Lipinski definition) is 2. The van der Waals surface area contributed by atoms with Gasteiger partial charge in [-0.3, -0.25) is 4.79 Å². The van der Waals surface area contributed by atoms with E-state index in [1.165, 1.54) is 0 Å². The predicted octanol–water partition coefficient (Wildman–Crippen LogP) is 3.00. The van der Waals surface area contributed by atoms with Crippen LogP contribution in [0.15, 0.2) is 16.7 Å². The molecule has 0 spiro atoms. The quantitative estimate of drug-likeness (QED) is 0.859. The largest absolute Gasteiger partial charge is 0.310 e. The van der Waals surface area contributed by atoms with Gasteiger partial charge in [0.15, 0.2) is 0 Å². The number of halogens is 1. The van der Waals surface area contributed by atoms with Crippen molar-refractivity contribution in [2.45, 2.75) is 27.2 Å². The highest BCUT2D eigenvalue weighted by molar-refractivity contribution is 9.10. The molecule has 15 heavy (non-hydrogen) atoms. The molecule has 82 valence electrons. The summed E-state index contributed by atoms with van der Waals surface area (Å²) in [4.78, 5) is 15.8. The molecule has 4 heteroatoms. The molecule has 1 aromatic heterocycles. The lowest BCUT2D eigenvalue weighted by Crippen LogP contribution is -2.19. The fourth-order valence-electron chi connectivity index (χ4n) is 1.12. The van der Waals surface area contributed by atoms with Crippen molar-refractivity contribution in [2.75, 3.05) is 5.32 Å². The lowest BCUT2D eigenvalue weighted by molar-refractivity contribution is -0.118. The maximum atomic E-state index is 11.5. The number of nitrogens with one attached hydrogen (secondary N) is 1. The van der Waals surface area contributed by atoms with E-state index < -0.39 is 0 Å². The van der Waals surface area contributed by atoms with Crippen LogP contribution in [0.3, 0.4) is 0 Å². The van der Waals surface area contributed by atoms with Crippen LogP contribution in [0.25, 0.3) is 0 Å². The van der Waals surface area contributed by atoms with Gasteiger partial charge in [0, 0.05) is 5.92 Å². The van der Waals surface area contributed by atoms with Gasteiger partial charge in [-0.05, 0) is 34.0 Å². The number of aryl methyl sites for hydroxylation is 1. The van der Waals surface area contributed by atoms with E-state index in [9.17, 15) is 4.79 Å². The van der Waals surface area contributed by atoms with E-state index in [4.69, 9.17) is 0 Å². The van der Waals surface area contributed by atoms with Gasteiger partial charge in [-0.15, -0.1) is 0 Å². The first-order valence-electron chi connectivity index (χ1n) is 5.01. The Labute approximate surface area is 98.4 Å². The van der Waals surface area contributed by atoms with Crippen molar-refractivity contribution in [1.82, 2.24) is 4.98 Å². The second kappa shape index (κ2) is 5.26. The number of carbonyl (C=O) groups excluding carboxylic acids is 1. The van der Waals surface area contributed by atoms with Crippen molar-refractivity contribution >= 4 is 27.7 Å². The van der Waals surface area contributed by atoms with Gasteiger partial charge in [-0.1, -0.05) is 26.8 Å². The number of nitrogens with zero attached hydrogens (tertiary/aromatic N) is 1. The van der Waals surface area contributed by atoms with Crippen LogP contribution in [0, 0.1) is 5.92 Å². The van der Waals surface area contributed by atoms with Crippen LogP contribution in [-0.4, -0.2) is 10.9 Å². The first-order chi connectivity index (χ1) is 7.04. The van der Waals surface area contributed by atoms with Crippen LogP contribution < -0.4 is 5.32 Å². The number of hydrogen-bond donors (Lipinski definition) is 1. The minimum atomic E-state index is -0.0320. The minimum absolute atomic E-state index is 0.00435. The van der Waals surface area contributed by atoms with E-state index in [0.29, 0.717) is 5.82 Å². The molecule has 0 saturated heterocycles. The summed E-state index contributed by atoms with van der Waals surface area (Å²) >= 11 is 3.29. The molecule has 1 rings (SSSR count). The van der Waals surface area contributed by atoms with Crippen molar-refractivity contribution in [3.63, 3.8) is 0 Å².